The van der Waals surface area contributed by atoms with E-state index >= 15 is 0 Å². The molecular formula is C25H27ClN4O4S2. The molecule has 0 spiro atoms. The van der Waals surface area contributed by atoms with E-state index in [1.807, 2.05) is 23.6 Å². The van der Waals surface area contributed by atoms with Gasteiger partial charge in [0.1, 0.15) is 10.8 Å². The molecule has 1 atom stereocenters. The average molecular weight is 547 g/mol. The Morgan fingerprint density at radius 3 is 2.94 bits per heavy atom. The average Bonchev–Trinajstić information content (AvgIpc) is 3.53. The van der Waals surface area contributed by atoms with E-state index in [0.717, 1.165) is 29.7 Å². The number of benzene rings is 1. The molecule has 1 N–H and O–H groups in total. The number of aryl methyl sites for hydroxylation is 1. The maximum absolute atomic E-state index is 12.8. The molecule has 190 valence electrons. The number of halogens is 1. The number of ether oxygens (including phenoxy) is 2. The molecule has 2 aromatic heterocycles. The van der Waals surface area contributed by atoms with Crippen molar-refractivity contribution >= 4 is 51.6 Å². The Morgan fingerprint density at radius 1 is 1.36 bits per heavy atom. The van der Waals surface area contributed by atoms with Crippen LogP contribution in [0.3, 0.4) is 0 Å². The summed E-state index contributed by atoms with van der Waals surface area (Å²) in [5, 5.41) is 13.2. The number of esters is 1. The Balaban J connectivity index is 1.44. The number of aromatic nitrogens is 3. The lowest BCUT2D eigenvalue weighted by Gasteiger charge is -2.16. The molecular weight excluding hydrogens is 520 g/mol. The summed E-state index contributed by atoms with van der Waals surface area (Å²) < 4.78 is 13.1. The molecule has 0 radical (unpaired) electrons. The van der Waals surface area contributed by atoms with Crippen LogP contribution in [0.4, 0.5) is 5.00 Å². The minimum atomic E-state index is -0.403. The topological polar surface area (TPSA) is 95.3 Å². The Bertz CT molecular complexity index is 1270. The first-order valence-corrected chi connectivity index (χ1v) is 13.8. The summed E-state index contributed by atoms with van der Waals surface area (Å²) in [6.45, 7) is 8.21. The second-order valence-electron chi connectivity index (χ2n) is 8.08. The van der Waals surface area contributed by atoms with Crippen LogP contribution in [0.5, 0.6) is 5.75 Å². The van der Waals surface area contributed by atoms with Crippen LogP contribution >= 0.6 is 34.7 Å². The van der Waals surface area contributed by atoms with Gasteiger partial charge in [0.15, 0.2) is 17.1 Å². The zero-order valence-corrected chi connectivity index (χ0v) is 22.5. The van der Waals surface area contributed by atoms with E-state index in [0.29, 0.717) is 38.9 Å². The fraction of sp³-hybridized carbons (Fsp3) is 0.360. The summed E-state index contributed by atoms with van der Waals surface area (Å²) >= 11 is 8.78. The molecule has 1 aliphatic rings. The highest BCUT2D eigenvalue weighted by Crippen LogP contribution is 2.39. The largest absolute Gasteiger partial charge is 0.483 e. The fourth-order valence-corrected chi connectivity index (χ4v) is 6.24. The maximum Gasteiger partial charge on any atom is 0.341 e. The predicted octanol–water partition coefficient (Wildman–Crippen LogP) is 5.72. The van der Waals surface area contributed by atoms with Gasteiger partial charge < -0.3 is 14.8 Å². The van der Waals surface area contributed by atoms with Crippen molar-refractivity contribution in [1.82, 2.24) is 14.8 Å². The number of allylic oxidation sites excluding steroid dienone is 1. The number of hydrogen-bond acceptors (Lipinski definition) is 8. The Kier molecular flexibility index (Phi) is 8.71. The lowest BCUT2D eigenvalue weighted by atomic mass is 10.1. The van der Waals surface area contributed by atoms with Gasteiger partial charge in [-0.25, -0.2) is 4.79 Å². The second kappa shape index (κ2) is 11.9. The molecule has 1 amide bonds. The van der Waals surface area contributed by atoms with E-state index in [-0.39, 0.29) is 24.2 Å². The van der Waals surface area contributed by atoms with Crippen molar-refractivity contribution in [3.05, 3.63) is 63.8 Å². The van der Waals surface area contributed by atoms with Crippen LogP contribution < -0.4 is 10.1 Å². The van der Waals surface area contributed by atoms with Gasteiger partial charge in [-0.05, 0) is 56.9 Å². The number of nitrogens with zero attached hydrogens (tertiary/aromatic N) is 3. The number of rotatable bonds is 11. The van der Waals surface area contributed by atoms with Crippen molar-refractivity contribution in [2.24, 2.45) is 0 Å². The molecule has 36 heavy (non-hydrogen) atoms. The number of anilines is 1. The molecule has 2 heterocycles. The number of thiophene rings is 1. The first-order chi connectivity index (χ1) is 17.4. The van der Waals surface area contributed by atoms with E-state index in [2.05, 4.69) is 22.1 Å². The van der Waals surface area contributed by atoms with E-state index in [4.69, 9.17) is 21.1 Å². The van der Waals surface area contributed by atoms with Gasteiger partial charge in [0, 0.05) is 16.4 Å². The number of thioether (sulfide) groups is 1. The van der Waals surface area contributed by atoms with Gasteiger partial charge in [0.05, 0.1) is 17.9 Å². The molecule has 3 aromatic rings. The Morgan fingerprint density at radius 2 is 2.19 bits per heavy atom. The summed E-state index contributed by atoms with van der Waals surface area (Å²) in [5.74, 6) is 0.713. The second-order valence-corrected chi connectivity index (χ2v) is 10.6. The van der Waals surface area contributed by atoms with Crippen molar-refractivity contribution in [1.29, 1.82) is 0 Å². The van der Waals surface area contributed by atoms with Crippen LogP contribution in [0.15, 0.2) is 42.1 Å². The zero-order valence-electron chi connectivity index (χ0n) is 20.1. The maximum atomic E-state index is 12.8. The lowest BCUT2D eigenvalue weighted by Crippen LogP contribution is -2.17. The van der Waals surface area contributed by atoms with Gasteiger partial charge in [-0.2, -0.15) is 0 Å². The van der Waals surface area contributed by atoms with Gasteiger partial charge in [0.2, 0.25) is 5.91 Å². The summed E-state index contributed by atoms with van der Waals surface area (Å²) in [4.78, 5) is 26.5. The first kappa shape index (κ1) is 26.2. The summed E-state index contributed by atoms with van der Waals surface area (Å²) in [6.07, 6.45) is 4.09. The molecule has 0 aliphatic heterocycles. The van der Waals surface area contributed by atoms with Crippen LogP contribution in [0.1, 0.15) is 53.0 Å². The highest BCUT2D eigenvalue weighted by Gasteiger charge is 2.28. The summed E-state index contributed by atoms with van der Waals surface area (Å²) in [7, 11) is 0. The number of fused-ring (bicyclic) bond motifs is 1. The molecule has 1 aliphatic carbocycles. The Labute approximate surface area is 223 Å². The quantitative estimate of drug-likeness (QED) is 0.187. The van der Waals surface area contributed by atoms with Crippen LogP contribution in [0.2, 0.25) is 5.02 Å². The third-order valence-electron chi connectivity index (χ3n) is 5.52. The van der Waals surface area contributed by atoms with Gasteiger partial charge in [-0.3, -0.25) is 9.36 Å². The van der Waals surface area contributed by atoms with Crippen molar-refractivity contribution in [3.63, 3.8) is 0 Å². The lowest BCUT2D eigenvalue weighted by molar-refractivity contribution is -0.113. The van der Waals surface area contributed by atoms with Gasteiger partial charge in [-0.15, -0.1) is 28.1 Å². The van der Waals surface area contributed by atoms with Crippen molar-refractivity contribution in [3.8, 4) is 5.75 Å². The first-order valence-electron chi connectivity index (χ1n) is 11.6. The van der Waals surface area contributed by atoms with Crippen LogP contribution in [-0.4, -0.2) is 39.0 Å². The Hall–Kier alpha value is -2.82. The smallest absolute Gasteiger partial charge is 0.341 e. The minimum Gasteiger partial charge on any atom is -0.483 e. The highest BCUT2D eigenvalue weighted by molar-refractivity contribution is 7.99. The number of nitrogens with one attached hydrogen (secondary N) is 1. The van der Waals surface area contributed by atoms with Crippen molar-refractivity contribution in [2.75, 3.05) is 17.7 Å². The molecule has 4 rings (SSSR count). The molecule has 0 saturated carbocycles. The standard InChI is InChI=1S/C25H27ClN4O4S2/c1-4-12-30-22(15(3)34-17-9-6-8-16(26)13-17)28-29-25(30)35-14-20(31)27-23-21(24(32)33-5-2)18-10-7-11-19(18)36-23/h4,6,8-9,13,15H,1,5,7,10-12,14H2,2-3H3,(H,27,31). The van der Waals surface area contributed by atoms with E-state index in [1.54, 1.807) is 25.1 Å². The fourth-order valence-electron chi connectivity index (χ4n) is 4.01. The van der Waals surface area contributed by atoms with Crippen molar-refractivity contribution < 1.29 is 19.1 Å². The zero-order chi connectivity index (χ0) is 25.7. The van der Waals surface area contributed by atoms with Crippen LogP contribution in [0.25, 0.3) is 0 Å². The predicted molar refractivity (Wildman–Crippen MR) is 142 cm³/mol. The van der Waals surface area contributed by atoms with Crippen LogP contribution in [0, 0.1) is 0 Å². The molecule has 0 fully saturated rings. The van der Waals surface area contributed by atoms with E-state index < -0.39 is 6.10 Å². The number of hydrogen-bond donors (Lipinski definition) is 1. The molecule has 1 unspecified atom stereocenters. The van der Waals surface area contributed by atoms with E-state index in [9.17, 15) is 9.59 Å². The van der Waals surface area contributed by atoms with Crippen LogP contribution in [-0.2, 0) is 28.9 Å². The molecule has 11 heteroatoms. The number of carbonyl (C=O) groups excluding carboxylic acids is 2. The molecule has 8 nitrogen and oxygen atoms in total. The summed E-state index contributed by atoms with van der Waals surface area (Å²) in [5.41, 5.74) is 1.50. The van der Waals surface area contributed by atoms with E-state index in [1.165, 1.54) is 23.1 Å². The monoisotopic (exact) mass is 546 g/mol. The highest BCUT2D eigenvalue weighted by atomic mass is 35.5. The van der Waals surface area contributed by atoms with Crippen molar-refractivity contribution in [2.45, 2.75) is 50.9 Å². The molecule has 1 aromatic carbocycles. The molecule has 0 bridgehead atoms. The third-order valence-corrected chi connectivity index (χ3v) is 7.92. The SMILES string of the molecule is C=CCn1c(SCC(=O)Nc2sc3c(c2C(=O)OCC)CCC3)nnc1C(C)Oc1cccc(Cl)c1. The number of amides is 1. The third kappa shape index (κ3) is 5.93. The minimum absolute atomic E-state index is 0.101. The normalized spacial score (nSPS) is 13.2. The summed E-state index contributed by atoms with van der Waals surface area (Å²) in [6, 6.07) is 7.14. The number of carbonyl (C=O) groups is 2. The van der Waals surface area contributed by atoms with Gasteiger partial charge >= 0.3 is 5.97 Å². The molecule has 0 saturated heterocycles. The van der Waals surface area contributed by atoms with Gasteiger partial charge in [-0.1, -0.05) is 35.5 Å². The van der Waals surface area contributed by atoms with Gasteiger partial charge in [0.25, 0.3) is 0 Å².